The molecular formula is C15H17N5O. The summed E-state index contributed by atoms with van der Waals surface area (Å²) in [6, 6.07) is 5.68. The summed E-state index contributed by atoms with van der Waals surface area (Å²) in [4.78, 5) is 11.8. The molecule has 21 heavy (non-hydrogen) atoms. The summed E-state index contributed by atoms with van der Waals surface area (Å²) in [7, 11) is 0. The minimum Gasteiger partial charge on any atom is -0.325 e. The van der Waals surface area contributed by atoms with Gasteiger partial charge in [0, 0.05) is 30.2 Å². The van der Waals surface area contributed by atoms with E-state index in [1.54, 1.807) is 0 Å². The Balaban J connectivity index is 2.13. The molecule has 0 amide bonds. The molecule has 0 fully saturated rings. The summed E-state index contributed by atoms with van der Waals surface area (Å²) in [6.45, 7) is 3.29. The van der Waals surface area contributed by atoms with Gasteiger partial charge >= 0.3 is 0 Å². The second-order valence-corrected chi connectivity index (χ2v) is 4.96. The van der Waals surface area contributed by atoms with Crippen LogP contribution in [0.1, 0.15) is 19.0 Å². The Morgan fingerprint density at radius 2 is 2.14 bits per heavy atom. The monoisotopic (exact) mass is 283 g/mol. The number of H-pyrrole nitrogens is 1. The average Bonchev–Trinajstić information content (AvgIpc) is 2.96. The largest absolute Gasteiger partial charge is 0.325 e. The van der Waals surface area contributed by atoms with Crippen molar-refractivity contribution < 1.29 is 0 Å². The van der Waals surface area contributed by atoms with Gasteiger partial charge in [0.15, 0.2) is 0 Å². The van der Waals surface area contributed by atoms with Gasteiger partial charge in [-0.3, -0.25) is 9.48 Å². The molecule has 2 aromatic heterocycles. The van der Waals surface area contributed by atoms with Crippen molar-refractivity contribution >= 4 is 10.8 Å². The summed E-state index contributed by atoms with van der Waals surface area (Å²) < 4.78 is 1.92. The minimum atomic E-state index is -0.199. The van der Waals surface area contributed by atoms with Gasteiger partial charge in [-0.2, -0.15) is 10.2 Å². The van der Waals surface area contributed by atoms with E-state index in [9.17, 15) is 4.79 Å². The van der Waals surface area contributed by atoms with Crippen molar-refractivity contribution in [3.05, 3.63) is 46.6 Å². The van der Waals surface area contributed by atoms with E-state index in [2.05, 4.69) is 22.2 Å². The molecule has 108 valence electrons. The fourth-order valence-electron chi connectivity index (χ4n) is 2.42. The Hall–Kier alpha value is -2.47. The molecular weight excluding hydrogens is 266 g/mol. The summed E-state index contributed by atoms with van der Waals surface area (Å²) >= 11 is 0. The zero-order valence-electron chi connectivity index (χ0n) is 11.8. The van der Waals surface area contributed by atoms with E-state index >= 15 is 0 Å². The Labute approximate surface area is 121 Å². The second kappa shape index (κ2) is 5.49. The van der Waals surface area contributed by atoms with E-state index in [4.69, 9.17) is 5.73 Å². The molecule has 3 rings (SSSR count). The Morgan fingerprint density at radius 3 is 2.90 bits per heavy atom. The number of nitrogens with zero attached hydrogens (tertiary/aromatic N) is 3. The van der Waals surface area contributed by atoms with Gasteiger partial charge in [0.2, 0.25) is 0 Å². The lowest BCUT2D eigenvalue weighted by atomic mass is 10.0. The highest BCUT2D eigenvalue weighted by Gasteiger charge is 2.08. The van der Waals surface area contributed by atoms with E-state index in [1.165, 1.54) is 0 Å². The smallest absolute Gasteiger partial charge is 0.272 e. The second-order valence-electron chi connectivity index (χ2n) is 4.96. The zero-order valence-corrected chi connectivity index (χ0v) is 11.8. The van der Waals surface area contributed by atoms with Crippen LogP contribution in [0, 0.1) is 0 Å². The topological polar surface area (TPSA) is 89.6 Å². The van der Waals surface area contributed by atoms with Gasteiger partial charge in [-0.05, 0) is 24.1 Å². The summed E-state index contributed by atoms with van der Waals surface area (Å²) in [5, 5.41) is 12.2. The van der Waals surface area contributed by atoms with E-state index in [0.29, 0.717) is 11.1 Å². The maximum absolute atomic E-state index is 11.8. The maximum atomic E-state index is 11.8. The summed E-state index contributed by atoms with van der Waals surface area (Å²) in [5.41, 5.74) is 8.21. The number of rotatable bonds is 4. The predicted octanol–water partition coefficient (Wildman–Crippen LogP) is 1.66. The minimum absolute atomic E-state index is 0.199. The van der Waals surface area contributed by atoms with Gasteiger partial charge in [0.25, 0.3) is 5.56 Å². The first-order chi connectivity index (χ1) is 10.2. The summed E-state index contributed by atoms with van der Waals surface area (Å²) in [6.07, 6.45) is 4.88. The molecule has 6 nitrogen and oxygen atoms in total. The van der Waals surface area contributed by atoms with Crippen molar-refractivity contribution in [2.24, 2.45) is 5.73 Å². The number of aromatic amines is 1. The third kappa shape index (κ3) is 2.45. The van der Waals surface area contributed by atoms with Gasteiger partial charge in [-0.1, -0.05) is 13.0 Å². The third-order valence-corrected chi connectivity index (χ3v) is 3.48. The normalized spacial score (nSPS) is 11.1. The molecule has 0 aliphatic carbocycles. The van der Waals surface area contributed by atoms with Crippen LogP contribution in [0.2, 0.25) is 0 Å². The van der Waals surface area contributed by atoms with Crippen LogP contribution in [0.25, 0.3) is 21.9 Å². The maximum Gasteiger partial charge on any atom is 0.272 e. The van der Waals surface area contributed by atoms with Gasteiger partial charge in [-0.25, -0.2) is 5.10 Å². The molecule has 1 aromatic carbocycles. The first-order valence-electron chi connectivity index (χ1n) is 6.97. The zero-order chi connectivity index (χ0) is 14.8. The molecule has 0 atom stereocenters. The first-order valence-corrected chi connectivity index (χ1v) is 6.97. The summed E-state index contributed by atoms with van der Waals surface area (Å²) in [5.74, 6) is 0. The molecule has 0 unspecified atom stereocenters. The highest BCUT2D eigenvalue weighted by atomic mass is 16.1. The van der Waals surface area contributed by atoms with Crippen molar-refractivity contribution in [2.45, 2.75) is 26.4 Å². The van der Waals surface area contributed by atoms with Crippen molar-refractivity contribution in [1.82, 2.24) is 20.0 Å². The molecule has 0 bridgehead atoms. The number of aromatic nitrogens is 4. The van der Waals surface area contributed by atoms with E-state index in [-0.39, 0.29) is 12.1 Å². The Bertz CT molecular complexity index is 833. The van der Waals surface area contributed by atoms with Crippen LogP contribution in [0.15, 0.2) is 35.4 Å². The highest BCUT2D eigenvalue weighted by molar-refractivity contribution is 5.88. The fourth-order valence-corrected chi connectivity index (χ4v) is 2.42. The Morgan fingerprint density at radius 1 is 1.29 bits per heavy atom. The lowest BCUT2D eigenvalue weighted by Gasteiger charge is -2.04. The van der Waals surface area contributed by atoms with Crippen molar-refractivity contribution in [3.8, 4) is 11.1 Å². The van der Waals surface area contributed by atoms with Crippen LogP contribution in [-0.4, -0.2) is 20.0 Å². The van der Waals surface area contributed by atoms with E-state index < -0.39 is 0 Å². The SMILES string of the molecule is CCCn1cc(-c2ccc3c(=O)[nH]nc(CN)c3c2)cn1. The van der Waals surface area contributed by atoms with Crippen LogP contribution in [0.5, 0.6) is 0 Å². The van der Waals surface area contributed by atoms with E-state index in [1.807, 2.05) is 35.3 Å². The molecule has 0 saturated heterocycles. The number of fused-ring (bicyclic) bond motifs is 1. The van der Waals surface area contributed by atoms with Crippen LogP contribution >= 0.6 is 0 Å². The number of hydrogen-bond donors (Lipinski definition) is 2. The van der Waals surface area contributed by atoms with Gasteiger partial charge in [0.05, 0.1) is 17.3 Å². The molecule has 0 spiro atoms. The highest BCUT2D eigenvalue weighted by Crippen LogP contribution is 2.23. The number of nitrogens with one attached hydrogen (secondary N) is 1. The van der Waals surface area contributed by atoms with Crippen LogP contribution in [-0.2, 0) is 13.1 Å². The number of aryl methyl sites for hydroxylation is 1. The third-order valence-electron chi connectivity index (χ3n) is 3.48. The lowest BCUT2D eigenvalue weighted by Crippen LogP contribution is -2.13. The standard InChI is InChI=1S/C15H17N5O/c1-2-5-20-9-11(8-17-20)10-3-4-12-13(6-10)14(7-16)18-19-15(12)21/h3-4,6,8-9H,2,5,7,16H2,1H3,(H,19,21). The van der Waals surface area contributed by atoms with Crippen LogP contribution in [0.3, 0.4) is 0 Å². The van der Waals surface area contributed by atoms with E-state index in [0.717, 1.165) is 29.5 Å². The lowest BCUT2D eigenvalue weighted by molar-refractivity contribution is 0.603. The van der Waals surface area contributed by atoms with Crippen molar-refractivity contribution in [2.75, 3.05) is 0 Å². The Kier molecular flexibility index (Phi) is 3.53. The molecule has 0 radical (unpaired) electrons. The van der Waals surface area contributed by atoms with Gasteiger partial charge < -0.3 is 5.73 Å². The molecule has 0 aliphatic rings. The number of benzene rings is 1. The average molecular weight is 283 g/mol. The molecule has 0 saturated carbocycles. The fraction of sp³-hybridized carbons (Fsp3) is 0.267. The molecule has 6 heteroatoms. The molecule has 3 N–H and O–H groups in total. The molecule has 2 heterocycles. The molecule has 0 aliphatic heterocycles. The van der Waals surface area contributed by atoms with Gasteiger partial charge in [0.1, 0.15) is 0 Å². The van der Waals surface area contributed by atoms with Crippen LogP contribution in [0.4, 0.5) is 0 Å². The van der Waals surface area contributed by atoms with Gasteiger partial charge in [-0.15, -0.1) is 0 Å². The van der Waals surface area contributed by atoms with Crippen molar-refractivity contribution in [3.63, 3.8) is 0 Å². The number of hydrogen-bond acceptors (Lipinski definition) is 4. The molecule has 3 aromatic rings. The number of nitrogens with two attached hydrogens (primary N) is 1. The van der Waals surface area contributed by atoms with Crippen LogP contribution < -0.4 is 11.3 Å². The first kappa shape index (κ1) is 13.5. The predicted molar refractivity (Wildman–Crippen MR) is 81.8 cm³/mol. The van der Waals surface area contributed by atoms with Crippen molar-refractivity contribution in [1.29, 1.82) is 0 Å². The quantitative estimate of drug-likeness (QED) is 0.762.